The second kappa shape index (κ2) is 4.99. The smallest absolute Gasteiger partial charge is 0.180 e. The van der Waals surface area contributed by atoms with Gasteiger partial charge in [-0.1, -0.05) is 11.6 Å². The number of aryl methyl sites for hydroxylation is 2. The van der Waals surface area contributed by atoms with Crippen LogP contribution < -0.4 is 0 Å². The zero-order valence-electron chi connectivity index (χ0n) is 13.3. The highest BCUT2D eigenvalue weighted by molar-refractivity contribution is 6.29. The number of ketones is 2. The van der Waals surface area contributed by atoms with Gasteiger partial charge in [-0.3, -0.25) is 14.6 Å². The Morgan fingerprint density at radius 1 is 0.917 bits per heavy atom. The third-order valence-corrected chi connectivity index (χ3v) is 4.55. The molecule has 1 aromatic heterocycles. The normalized spacial score (nSPS) is 16.7. The zero-order chi connectivity index (χ0) is 17.0. The van der Waals surface area contributed by atoms with Crippen LogP contribution in [0.15, 0.2) is 42.5 Å². The summed E-state index contributed by atoms with van der Waals surface area (Å²) in [5, 5.41) is 10.6. The average Bonchev–Trinajstić information content (AvgIpc) is 2.79. The molecule has 1 atom stereocenters. The molecule has 4 rings (SSSR count). The van der Waals surface area contributed by atoms with E-state index >= 15 is 0 Å². The van der Waals surface area contributed by atoms with E-state index in [9.17, 15) is 14.7 Å². The molecule has 1 unspecified atom stereocenters. The summed E-state index contributed by atoms with van der Waals surface area (Å²) in [6.07, 6.45) is 0. The minimum absolute atomic E-state index is 0.0197. The number of phenols is 1. The fourth-order valence-electron chi connectivity index (χ4n) is 3.33. The van der Waals surface area contributed by atoms with Crippen LogP contribution in [0.1, 0.15) is 43.5 Å². The molecule has 0 saturated carbocycles. The van der Waals surface area contributed by atoms with Crippen LogP contribution in [-0.4, -0.2) is 21.7 Å². The number of nitrogens with zero attached hydrogens (tertiary/aromatic N) is 1. The highest BCUT2D eigenvalue weighted by Gasteiger charge is 2.40. The molecule has 4 heteroatoms. The third-order valence-electron chi connectivity index (χ3n) is 4.55. The number of benzene rings is 2. The zero-order valence-corrected chi connectivity index (χ0v) is 13.3. The van der Waals surface area contributed by atoms with Crippen molar-refractivity contribution in [3.05, 3.63) is 70.4 Å². The van der Waals surface area contributed by atoms with Crippen molar-refractivity contribution in [1.29, 1.82) is 0 Å². The molecule has 118 valence electrons. The lowest BCUT2D eigenvalue weighted by atomic mass is 9.96. The molecule has 4 nitrogen and oxygen atoms in total. The minimum Gasteiger partial charge on any atom is -0.508 e. The van der Waals surface area contributed by atoms with Crippen molar-refractivity contribution in [2.45, 2.75) is 19.8 Å². The summed E-state index contributed by atoms with van der Waals surface area (Å²) in [6, 6.07) is 12.0. The maximum Gasteiger partial charge on any atom is 0.180 e. The summed E-state index contributed by atoms with van der Waals surface area (Å²) >= 11 is 0. The van der Waals surface area contributed by atoms with Gasteiger partial charge in [0.25, 0.3) is 0 Å². The molecule has 1 heterocycles. The molecule has 2 aromatic carbocycles. The molecular weight excluding hydrogens is 302 g/mol. The number of fused-ring (bicyclic) bond motifs is 2. The third kappa shape index (κ3) is 2.03. The first-order chi connectivity index (χ1) is 11.5. The number of hydrogen-bond acceptors (Lipinski definition) is 4. The Labute approximate surface area is 138 Å². The summed E-state index contributed by atoms with van der Waals surface area (Å²) in [6.45, 7) is 3.97. The van der Waals surface area contributed by atoms with Crippen LogP contribution in [0.3, 0.4) is 0 Å². The van der Waals surface area contributed by atoms with Gasteiger partial charge in [0.1, 0.15) is 11.7 Å². The number of aromatic hydroxyl groups is 1. The predicted molar refractivity (Wildman–Crippen MR) is 90.7 cm³/mol. The van der Waals surface area contributed by atoms with Crippen LogP contribution in [0.2, 0.25) is 0 Å². The fraction of sp³-hybridized carbons (Fsp3) is 0.150. The maximum absolute atomic E-state index is 12.7. The number of carbonyl (C=O) groups excluding carboxylic acids is 2. The summed E-state index contributed by atoms with van der Waals surface area (Å²) in [5.41, 5.74) is 3.98. The summed E-state index contributed by atoms with van der Waals surface area (Å²) in [7, 11) is 0. The molecular formula is C20H15NO3. The van der Waals surface area contributed by atoms with E-state index in [0.717, 1.165) is 22.0 Å². The average molecular weight is 317 g/mol. The maximum atomic E-state index is 12.7. The molecule has 0 radical (unpaired) electrons. The number of pyridine rings is 1. The van der Waals surface area contributed by atoms with Crippen LogP contribution in [-0.2, 0) is 0 Å². The van der Waals surface area contributed by atoms with E-state index in [2.05, 4.69) is 4.98 Å². The van der Waals surface area contributed by atoms with E-state index < -0.39 is 5.92 Å². The van der Waals surface area contributed by atoms with E-state index in [0.29, 0.717) is 11.3 Å². The van der Waals surface area contributed by atoms with Crippen LogP contribution in [0, 0.1) is 13.8 Å². The van der Waals surface area contributed by atoms with Crippen molar-refractivity contribution >= 4 is 22.5 Å². The Morgan fingerprint density at radius 2 is 1.67 bits per heavy atom. The van der Waals surface area contributed by atoms with Crippen molar-refractivity contribution in [2.75, 3.05) is 0 Å². The van der Waals surface area contributed by atoms with Gasteiger partial charge in [-0.05, 0) is 55.8 Å². The van der Waals surface area contributed by atoms with E-state index in [1.807, 2.05) is 38.1 Å². The lowest BCUT2D eigenvalue weighted by Gasteiger charge is -2.10. The van der Waals surface area contributed by atoms with E-state index in [4.69, 9.17) is 0 Å². The number of phenolic OH excluding ortho intramolecular Hbond substituents is 1. The van der Waals surface area contributed by atoms with Gasteiger partial charge in [-0.15, -0.1) is 0 Å². The Balaban J connectivity index is 1.88. The second-order valence-electron chi connectivity index (χ2n) is 6.28. The highest BCUT2D eigenvalue weighted by Crippen LogP contribution is 2.36. The monoisotopic (exact) mass is 317 g/mol. The molecule has 1 N–H and O–H groups in total. The number of aromatic nitrogens is 1. The minimum atomic E-state index is -0.925. The number of Topliss-reactive ketones (excluding diaryl/α,β-unsaturated/α-hetero) is 2. The van der Waals surface area contributed by atoms with Crippen molar-refractivity contribution in [3.63, 3.8) is 0 Å². The summed E-state index contributed by atoms with van der Waals surface area (Å²) in [4.78, 5) is 29.9. The number of hydrogen-bond donors (Lipinski definition) is 1. The predicted octanol–water partition coefficient (Wildman–Crippen LogP) is 3.72. The molecule has 1 aliphatic rings. The van der Waals surface area contributed by atoms with Crippen LogP contribution in [0.5, 0.6) is 5.75 Å². The quantitative estimate of drug-likeness (QED) is 0.695. The molecule has 0 fully saturated rings. The number of carbonyl (C=O) groups is 2. The number of rotatable bonds is 1. The molecule has 3 aromatic rings. The molecule has 0 bridgehead atoms. The summed E-state index contributed by atoms with van der Waals surface area (Å²) < 4.78 is 0. The van der Waals surface area contributed by atoms with Gasteiger partial charge in [-0.2, -0.15) is 0 Å². The Hall–Kier alpha value is -3.01. The first-order valence-corrected chi connectivity index (χ1v) is 7.75. The summed E-state index contributed by atoms with van der Waals surface area (Å²) in [5.74, 6) is -1.50. The molecule has 0 saturated heterocycles. The molecule has 0 amide bonds. The SMILES string of the molecule is Cc1ccc2nc(C3C(=O)c4ccc(O)cc4C3=O)cc(C)c2c1. The van der Waals surface area contributed by atoms with E-state index in [-0.39, 0.29) is 22.9 Å². The van der Waals surface area contributed by atoms with E-state index in [1.165, 1.54) is 18.2 Å². The van der Waals surface area contributed by atoms with Gasteiger partial charge >= 0.3 is 0 Å². The topological polar surface area (TPSA) is 67.3 Å². The van der Waals surface area contributed by atoms with Gasteiger partial charge in [0.2, 0.25) is 0 Å². The van der Waals surface area contributed by atoms with Crippen molar-refractivity contribution in [3.8, 4) is 5.75 Å². The standard InChI is InChI=1S/C20H15NO3/c1-10-3-6-16-14(7-10)11(2)8-17(21-16)18-19(23)13-5-4-12(22)9-15(13)20(18)24/h3-9,18,22H,1-2H3. The van der Waals surface area contributed by atoms with Gasteiger partial charge in [0, 0.05) is 16.5 Å². The largest absolute Gasteiger partial charge is 0.508 e. The van der Waals surface area contributed by atoms with Gasteiger partial charge in [0.05, 0.1) is 11.2 Å². The first-order valence-electron chi connectivity index (χ1n) is 7.75. The van der Waals surface area contributed by atoms with Crippen LogP contribution >= 0.6 is 0 Å². The molecule has 0 spiro atoms. The van der Waals surface area contributed by atoms with Crippen molar-refractivity contribution in [2.24, 2.45) is 0 Å². The molecule has 0 aliphatic heterocycles. The molecule has 1 aliphatic carbocycles. The lowest BCUT2D eigenvalue weighted by Crippen LogP contribution is -2.14. The van der Waals surface area contributed by atoms with Crippen molar-refractivity contribution < 1.29 is 14.7 Å². The van der Waals surface area contributed by atoms with Crippen LogP contribution in [0.25, 0.3) is 10.9 Å². The van der Waals surface area contributed by atoms with Crippen molar-refractivity contribution in [1.82, 2.24) is 4.98 Å². The van der Waals surface area contributed by atoms with Gasteiger partial charge in [-0.25, -0.2) is 0 Å². The Bertz CT molecular complexity index is 1040. The second-order valence-corrected chi connectivity index (χ2v) is 6.28. The highest BCUT2D eigenvalue weighted by atomic mass is 16.3. The van der Waals surface area contributed by atoms with E-state index in [1.54, 1.807) is 0 Å². The first kappa shape index (κ1) is 14.6. The van der Waals surface area contributed by atoms with Gasteiger partial charge < -0.3 is 5.11 Å². The Kier molecular flexibility index (Phi) is 3.03. The van der Waals surface area contributed by atoms with Crippen LogP contribution in [0.4, 0.5) is 0 Å². The van der Waals surface area contributed by atoms with Gasteiger partial charge in [0.15, 0.2) is 11.6 Å². The Morgan fingerprint density at radius 3 is 2.46 bits per heavy atom. The molecule has 24 heavy (non-hydrogen) atoms. The fourth-order valence-corrected chi connectivity index (χ4v) is 3.33. The lowest BCUT2D eigenvalue weighted by molar-refractivity contribution is 0.0888.